The molecule has 190 valence electrons. The fourth-order valence-electron chi connectivity index (χ4n) is 5.82. The van der Waals surface area contributed by atoms with Crippen molar-refractivity contribution >= 4 is 22.5 Å². The average Bonchev–Trinajstić information content (AvgIpc) is 3.52. The van der Waals surface area contributed by atoms with Gasteiger partial charge in [-0.15, -0.1) is 0 Å². The van der Waals surface area contributed by atoms with Crippen LogP contribution in [0.3, 0.4) is 0 Å². The molecular formula is C28H34N4O4. The van der Waals surface area contributed by atoms with Gasteiger partial charge >= 0.3 is 0 Å². The molecule has 2 N–H and O–H groups in total. The van der Waals surface area contributed by atoms with E-state index in [1.165, 1.54) is 11.1 Å². The van der Waals surface area contributed by atoms with E-state index < -0.39 is 0 Å². The second-order valence-electron chi connectivity index (χ2n) is 9.52. The number of piperidine rings is 1. The number of hydrogen-bond donors (Lipinski definition) is 1. The summed E-state index contributed by atoms with van der Waals surface area (Å²) in [5, 5.41) is 5.39. The third-order valence-corrected chi connectivity index (χ3v) is 7.65. The van der Waals surface area contributed by atoms with Gasteiger partial charge < -0.3 is 29.5 Å². The number of benzene rings is 2. The van der Waals surface area contributed by atoms with Crippen molar-refractivity contribution in [2.45, 2.75) is 38.1 Å². The fraction of sp³-hybridized carbons (Fsp3) is 0.429. The van der Waals surface area contributed by atoms with E-state index in [2.05, 4.69) is 26.9 Å². The number of rotatable bonds is 8. The molecule has 0 saturated carbocycles. The summed E-state index contributed by atoms with van der Waals surface area (Å²) in [7, 11) is 4.99. The van der Waals surface area contributed by atoms with E-state index in [1.807, 2.05) is 18.2 Å². The lowest BCUT2D eigenvalue weighted by molar-refractivity contribution is 0.100. The van der Waals surface area contributed by atoms with Crippen molar-refractivity contribution in [3.8, 4) is 11.5 Å². The van der Waals surface area contributed by atoms with Crippen LogP contribution in [0.1, 0.15) is 52.4 Å². The number of likely N-dealkylation sites (tertiary alicyclic amines) is 1. The topological polar surface area (TPSA) is 91.3 Å². The second kappa shape index (κ2) is 10.2. The molecule has 0 spiro atoms. The number of ether oxygens (including phenoxy) is 2. The van der Waals surface area contributed by atoms with Gasteiger partial charge in [0.25, 0.3) is 0 Å². The predicted octanol–water partition coefficient (Wildman–Crippen LogP) is 3.93. The molecule has 2 aromatic carbocycles. The minimum atomic E-state index is -0.388. The SMILES string of the molecule is CO/N=C1\CCc2c(CCN3CCC(n4ccc5ccc(C(N)=O)cc54)CC3)c(OC)cc(OC)c21. The van der Waals surface area contributed by atoms with E-state index in [0.717, 1.165) is 85.4 Å². The van der Waals surface area contributed by atoms with Crippen molar-refractivity contribution in [2.24, 2.45) is 10.9 Å². The second-order valence-corrected chi connectivity index (χ2v) is 9.52. The number of carbonyl (C=O) groups is 1. The summed E-state index contributed by atoms with van der Waals surface area (Å²) >= 11 is 0. The first kappa shape index (κ1) is 24.2. The van der Waals surface area contributed by atoms with Crippen molar-refractivity contribution in [1.82, 2.24) is 9.47 Å². The van der Waals surface area contributed by atoms with Gasteiger partial charge in [-0.25, -0.2) is 0 Å². The minimum Gasteiger partial charge on any atom is -0.496 e. The van der Waals surface area contributed by atoms with Gasteiger partial charge in [0.2, 0.25) is 5.91 Å². The van der Waals surface area contributed by atoms with Crippen LogP contribution in [0.5, 0.6) is 11.5 Å². The first-order valence-electron chi connectivity index (χ1n) is 12.5. The number of hydrogen-bond acceptors (Lipinski definition) is 6. The lowest BCUT2D eigenvalue weighted by Crippen LogP contribution is -2.36. The monoisotopic (exact) mass is 490 g/mol. The summed E-state index contributed by atoms with van der Waals surface area (Å²) in [5.41, 5.74) is 11.7. The molecule has 8 nitrogen and oxygen atoms in total. The molecular weight excluding hydrogens is 456 g/mol. The van der Waals surface area contributed by atoms with Gasteiger partial charge in [-0.05, 0) is 66.8 Å². The van der Waals surface area contributed by atoms with E-state index in [0.29, 0.717) is 11.6 Å². The molecule has 1 fully saturated rings. The van der Waals surface area contributed by atoms with E-state index in [1.54, 1.807) is 27.4 Å². The van der Waals surface area contributed by atoms with Gasteiger partial charge in [-0.2, -0.15) is 0 Å². The Morgan fingerprint density at radius 3 is 2.53 bits per heavy atom. The number of oxime groups is 1. The number of primary amides is 1. The van der Waals surface area contributed by atoms with E-state index in [4.69, 9.17) is 20.0 Å². The van der Waals surface area contributed by atoms with E-state index in [9.17, 15) is 4.79 Å². The Hall–Kier alpha value is -3.52. The Morgan fingerprint density at radius 1 is 1.06 bits per heavy atom. The van der Waals surface area contributed by atoms with Gasteiger partial charge in [0.15, 0.2) is 0 Å². The molecule has 0 atom stereocenters. The normalized spacial score (nSPS) is 17.5. The van der Waals surface area contributed by atoms with Crippen molar-refractivity contribution in [3.05, 3.63) is 58.8 Å². The van der Waals surface area contributed by atoms with Gasteiger partial charge in [0, 0.05) is 54.6 Å². The molecule has 5 rings (SSSR count). The highest BCUT2D eigenvalue weighted by Crippen LogP contribution is 2.40. The molecule has 3 aromatic rings. The van der Waals surface area contributed by atoms with Gasteiger partial charge in [-0.1, -0.05) is 11.2 Å². The molecule has 1 aliphatic heterocycles. The number of amides is 1. The van der Waals surface area contributed by atoms with Crippen LogP contribution < -0.4 is 15.2 Å². The Bertz CT molecular complexity index is 1300. The van der Waals surface area contributed by atoms with Gasteiger partial charge in [0.05, 0.1) is 19.9 Å². The number of fused-ring (bicyclic) bond motifs is 2. The summed E-state index contributed by atoms with van der Waals surface area (Å²) in [6, 6.07) is 10.2. The van der Waals surface area contributed by atoms with Gasteiger partial charge in [-0.3, -0.25) is 4.79 Å². The maximum absolute atomic E-state index is 11.7. The highest BCUT2D eigenvalue weighted by atomic mass is 16.6. The smallest absolute Gasteiger partial charge is 0.248 e. The number of carbonyl (C=O) groups excluding carboxylic acids is 1. The molecule has 0 unspecified atom stereocenters. The highest BCUT2D eigenvalue weighted by molar-refractivity contribution is 6.07. The molecule has 36 heavy (non-hydrogen) atoms. The number of nitrogens with zero attached hydrogens (tertiary/aromatic N) is 3. The predicted molar refractivity (Wildman–Crippen MR) is 140 cm³/mol. The molecule has 1 aromatic heterocycles. The van der Waals surface area contributed by atoms with Crippen molar-refractivity contribution in [3.63, 3.8) is 0 Å². The van der Waals surface area contributed by atoms with Crippen LogP contribution in [0.25, 0.3) is 10.9 Å². The lowest BCUT2D eigenvalue weighted by atomic mass is 9.97. The Labute approximate surface area is 211 Å². The Kier molecular flexibility index (Phi) is 6.87. The lowest BCUT2D eigenvalue weighted by Gasteiger charge is -2.33. The third kappa shape index (κ3) is 4.41. The average molecular weight is 491 g/mol. The summed E-state index contributed by atoms with van der Waals surface area (Å²) in [6.07, 6.45) is 6.93. The van der Waals surface area contributed by atoms with E-state index >= 15 is 0 Å². The van der Waals surface area contributed by atoms with Crippen LogP contribution in [0.2, 0.25) is 0 Å². The van der Waals surface area contributed by atoms with Crippen molar-refractivity contribution < 1.29 is 19.1 Å². The van der Waals surface area contributed by atoms with Crippen LogP contribution in [-0.4, -0.2) is 62.0 Å². The molecule has 2 aliphatic rings. The number of nitrogens with two attached hydrogens (primary N) is 1. The summed E-state index contributed by atoms with van der Waals surface area (Å²) in [6.45, 7) is 3.02. The largest absolute Gasteiger partial charge is 0.496 e. The standard InChI is InChI=1S/C28H34N4O4/c1-34-25-17-26(35-2)27-22(6-7-23(27)30-36-3)21(25)11-14-31-12-9-20(10-13-31)32-15-8-18-4-5-19(28(29)33)16-24(18)32/h4-5,8,15-17,20H,6-7,9-14H2,1-3H3,(H2,29,33)/b30-23+. The molecule has 2 heterocycles. The Balaban J connectivity index is 1.29. The molecule has 1 aliphatic carbocycles. The van der Waals surface area contributed by atoms with Crippen LogP contribution in [0, 0.1) is 0 Å². The van der Waals surface area contributed by atoms with Crippen LogP contribution in [0.4, 0.5) is 0 Å². The zero-order valence-electron chi connectivity index (χ0n) is 21.3. The van der Waals surface area contributed by atoms with Crippen molar-refractivity contribution in [1.29, 1.82) is 0 Å². The first-order chi connectivity index (χ1) is 17.5. The third-order valence-electron chi connectivity index (χ3n) is 7.65. The zero-order valence-corrected chi connectivity index (χ0v) is 21.3. The quantitative estimate of drug-likeness (QED) is 0.483. The minimum absolute atomic E-state index is 0.388. The first-order valence-corrected chi connectivity index (χ1v) is 12.5. The summed E-state index contributed by atoms with van der Waals surface area (Å²) < 4.78 is 13.8. The van der Waals surface area contributed by atoms with Crippen molar-refractivity contribution in [2.75, 3.05) is 41.0 Å². The van der Waals surface area contributed by atoms with Gasteiger partial charge in [0.1, 0.15) is 18.6 Å². The molecule has 0 radical (unpaired) electrons. The number of methoxy groups -OCH3 is 2. The number of aromatic nitrogens is 1. The fourth-order valence-corrected chi connectivity index (χ4v) is 5.82. The highest BCUT2D eigenvalue weighted by Gasteiger charge is 2.29. The van der Waals surface area contributed by atoms with E-state index in [-0.39, 0.29) is 5.91 Å². The summed E-state index contributed by atoms with van der Waals surface area (Å²) in [4.78, 5) is 19.3. The maximum atomic E-state index is 11.7. The van der Waals surface area contributed by atoms with Crippen LogP contribution in [0.15, 0.2) is 41.7 Å². The molecule has 1 saturated heterocycles. The maximum Gasteiger partial charge on any atom is 0.248 e. The Morgan fingerprint density at radius 2 is 1.83 bits per heavy atom. The van der Waals surface area contributed by atoms with Crippen LogP contribution >= 0.6 is 0 Å². The molecule has 1 amide bonds. The summed E-state index contributed by atoms with van der Waals surface area (Å²) in [5.74, 6) is 1.28. The zero-order chi connectivity index (χ0) is 25.2. The molecule has 8 heteroatoms. The van der Waals surface area contributed by atoms with Crippen LogP contribution in [-0.2, 0) is 17.7 Å². The molecule has 0 bridgehead atoms.